The van der Waals surface area contributed by atoms with E-state index in [1.54, 1.807) is 29.4 Å². The predicted octanol–water partition coefficient (Wildman–Crippen LogP) is 2.92. The second-order valence-electron chi connectivity index (χ2n) is 7.86. The van der Waals surface area contributed by atoms with Gasteiger partial charge in [0.15, 0.2) is 5.82 Å². The molecular weight excluding hydrogens is 429 g/mol. The van der Waals surface area contributed by atoms with Gasteiger partial charge in [-0.1, -0.05) is 12.1 Å². The molecule has 0 spiro atoms. The van der Waals surface area contributed by atoms with Gasteiger partial charge in [0.1, 0.15) is 17.5 Å². The maximum absolute atomic E-state index is 13.1. The van der Waals surface area contributed by atoms with E-state index in [0.717, 1.165) is 42.0 Å². The lowest BCUT2D eigenvalue weighted by atomic mass is 10.1. The van der Waals surface area contributed by atoms with Crippen molar-refractivity contribution in [2.24, 2.45) is 0 Å². The minimum atomic E-state index is -0.245. The van der Waals surface area contributed by atoms with Crippen molar-refractivity contribution in [3.05, 3.63) is 59.8 Å². The third-order valence-corrected chi connectivity index (χ3v) is 5.83. The molecule has 0 unspecified atom stereocenters. The van der Waals surface area contributed by atoms with Crippen molar-refractivity contribution >= 4 is 36.9 Å². The summed E-state index contributed by atoms with van der Waals surface area (Å²) in [6.07, 6.45) is 7.34. The van der Waals surface area contributed by atoms with Crippen LogP contribution in [0.1, 0.15) is 30.9 Å². The van der Waals surface area contributed by atoms with Gasteiger partial charge in [0, 0.05) is 31.4 Å². The predicted molar refractivity (Wildman–Crippen MR) is 126 cm³/mol. The molecule has 4 heterocycles. The maximum Gasteiger partial charge on any atom is 0.249 e. The molecule has 1 fully saturated rings. The average Bonchev–Trinajstić information content (AvgIpc) is 3.44. The lowest BCUT2D eigenvalue weighted by molar-refractivity contribution is -0.119. The van der Waals surface area contributed by atoms with E-state index in [1.807, 2.05) is 17.8 Å². The van der Waals surface area contributed by atoms with Gasteiger partial charge in [-0.3, -0.25) is 9.48 Å². The molecule has 2 aromatic heterocycles. The summed E-state index contributed by atoms with van der Waals surface area (Å²) < 4.78 is 14.9. The standard InChI is InChI=1S/C22H24FN7O.H2S/c1-2-29-19-12-25-22(27-20(19)30-9-3-4-18(30)21(29)31)24-10-16-11-26-28(14-16)13-15-5-7-17(23)8-6-15;/h5-8,11-12,14,18H,2-4,9-10,13H2,1H3,(H,24,25,27);1H2/t18-;/m0./s1. The molecule has 32 heavy (non-hydrogen) atoms. The molecule has 3 aromatic rings. The zero-order chi connectivity index (χ0) is 21.4. The minimum absolute atomic E-state index is 0. The van der Waals surface area contributed by atoms with E-state index in [4.69, 9.17) is 4.98 Å². The Bertz CT molecular complexity index is 1100. The van der Waals surface area contributed by atoms with Crippen molar-refractivity contribution < 1.29 is 9.18 Å². The Kier molecular flexibility index (Phi) is 6.31. The second kappa shape index (κ2) is 9.15. The summed E-state index contributed by atoms with van der Waals surface area (Å²) >= 11 is 0. The van der Waals surface area contributed by atoms with Gasteiger partial charge in [-0.05, 0) is 37.5 Å². The van der Waals surface area contributed by atoms with Gasteiger partial charge in [-0.25, -0.2) is 9.37 Å². The normalized spacial score (nSPS) is 17.1. The summed E-state index contributed by atoms with van der Waals surface area (Å²) in [5.41, 5.74) is 2.76. The number of fused-ring (bicyclic) bond motifs is 3. The molecule has 2 aliphatic rings. The van der Waals surface area contributed by atoms with E-state index in [1.165, 1.54) is 12.1 Å². The van der Waals surface area contributed by atoms with Gasteiger partial charge in [-0.15, -0.1) is 0 Å². The smallest absolute Gasteiger partial charge is 0.249 e. The molecule has 8 nitrogen and oxygen atoms in total. The van der Waals surface area contributed by atoms with Gasteiger partial charge in [0.05, 0.1) is 18.9 Å². The molecule has 168 valence electrons. The van der Waals surface area contributed by atoms with E-state index in [9.17, 15) is 9.18 Å². The number of hydrogen-bond donors (Lipinski definition) is 1. The second-order valence-corrected chi connectivity index (χ2v) is 7.86. The van der Waals surface area contributed by atoms with E-state index in [-0.39, 0.29) is 31.3 Å². The number of carbonyl (C=O) groups excluding carboxylic acids is 1. The number of benzene rings is 1. The van der Waals surface area contributed by atoms with E-state index < -0.39 is 0 Å². The number of amides is 1. The molecule has 0 radical (unpaired) electrons. The van der Waals surface area contributed by atoms with Crippen molar-refractivity contribution in [1.82, 2.24) is 19.7 Å². The molecule has 1 atom stereocenters. The van der Waals surface area contributed by atoms with Gasteiger partial charge in [-0.2, -0.15) is 23.6 Å². The fraction of sp³-hybridized carbons (Fsp3) is 0.364. The van der Waals surface area contributed by atoms with Crippen LogP contribution < -0.4 is 15.1 Å². The highest BCUT2D eigenvalue weighted by atomic mass is 32.1. The highest BCUT2D eigenvalue weighted by Gasteiger charge is 2.41. The molecule has 10 heteroatoms. The Labute approximate surface area is 192 Å². The van der Waals surface area contributed by atoms with Crippen LogP contribution in [0, 0.1) is 5.82 Å². The van der Waals surface area contributed by atoms with Crippen molar-refractivity contribution in [2.75, 3.05) is 28.2 Å². The number of nitrogens with zero attached hydrogens (tertiary/aromatic N) is 6. The Balaban J connectivity index is 0.00000245. The molecule has 0 aliphatic carbocycles. The lowest BCUT2D eigenvalue weighted by Gasteiger charge is -2.37. The number of halogens is 1. The summed E-state index contributed by atoms with van der Waals surface area (Å²) in [5.74, 6) is 1.26. The highest BCUT2D eigenvalue weighted by molar-refractivity contribution is 7.59. The molecule has 0 saturated carbocycles. The van der Waals surface area contributed by atoms with Gasteiger partial charge < -0.3 is 15.1 Å². The monoisotopic (exact) mass is 455 g/mol. The summed E-state index contributed by atoms with van der Waals surface area (Å²) in [5, 5.41) is 7.64. The number of carbonyl (C=O) groups is 1. The molecule has 1 N–H and O–H groups in total. The average molecular weight is 456 g/mol. The van der Waals surface area contributed by atoms with Crippen LogP contribution >= 0.6 is 13.5 Å². The van der Waals surface area contributed by atoms with Crippen molar-refractivity contribution in [3.63, 3.8) is 0 Å². The lowest BCUT2D eigenvalue weighted by Crippen LogP contribution is -2.51. The zero-order valence-corrected chi connectivity index (χ0v) is 18.8. The largest absolute Gasteiger partial charge is 0.350 e. The minimum Gasteiger partial charge on any atom is -0.350 e. The third kappa shape index (κ3) is 4.14. The summed E-state index contributed by atoms with van der Waals surface area (Å²) in [6, 6.07) is 6.30. The molecule has 0 bridgehead atoms. The summed E-state index contributed by atoms with van der Waals surface area (Å²) in [6.45, 7) is 4.53. The van der Waals surface area contributed by atoms with Gasteiger partial charge in [0.25, 0.3) is 0 Å². The van der Waals surface area contributed by atoms with E-state index in [2.05, 4.69) is 20.3 Å². The molecule has 1 amide bonds. The highest BCUT2D eigenvalue weighted by Crippen LogP contribution is 2.38. The molecule has 2 aliphatic heterocycles. The topological polar surface area (TPSA) is 79.2 Å². The van der Waals surface area contributed by atoms with Crippen LogP contribution in [0.2, 0.25) is 0 Å². The van der Waals surface area contributed by atoms with Crippen LogP contribution in [0.15, 0.2) is 42.9 Å². The number of anilines is 3. The maximum atomic E-state index is 13.1. The Hall–Kier alpha value is -3.14. The number of aromatic nitrogens is 4. The van der Waals surface area contributed by atoms with Crippen molar-refractivity contribution in [3.8, 4) is 0 Å². The van der Waals surface area contributed by atoms with Gasteiger partial charge >= 0.3 is 0 Å². The van der Waals surface area contributed by atoms with Gasteiger partial charge in [0.2, 0.25) is 11.9 Å². The number of likely N-dealkylation sites (N-methyl/N-ethyl adjacent to an activating group) is 1. The van der Waals surface area contributed by atoms with Crippen LogP contribution in [0.5, 0.6) is 0 Å². The van der Waals surface area contributed by atoms with Crippen LogP contribution in [0.4, 0.5) is 21.8 Å². The molecular formula is C22H26FN7OS. The first-order chi connectivity index (χ1) is 15.1. The quantitative estimate of drug-likeness (QED) is 0.616. The van der Waals surface area contributed by atoms with Crippen LogP contribution in [-0.4, -0.2) is 44.8 Å². The number of rotatable bonds is 6. The summed E-state index contributed by atoms with van der Waals surface area (Å²) in [4.78, 5) is 25.8. The van der Waals surface area contributed by atoms with Crippen LogP contribution in [0.3, 0.4) is 0 Å². The SMILES string of the molecule is CCN1C(=O)[C@@H]2CCCN2c2nc(NCc3cnn(Cc4ccc(F)cc4)c3)ncc21.S. The Morgan fingerprint density at radius 2 is 2.00 bits per heavy atom. The van der Waals surface area contributed by atoms with Crippen LogP contribution in [-0.2, 0) is 17.9 Å². The zero-order valence-electron chi connectivity index (χ0n) is 17.8. The van der Waals surface area contributed by atoms with Crippen molar-refractivity contribution in [2.45, 2.75) is 38.9 Å². The Morgan fingerprint density at radius 1 is 1.19 bits per heavy atom. The molecule has 5 rings (SSSR count). The first kappa shape index (κ1) is 22.1. The fourth-order valence-electron chi connectivity index (χ4n) is 4.30. The number of hydrogen-bond acceptors (Lipinski definition) is 6. The van der Waals surface area contributed by atoms with Crippen LogP contribution in [0.25, 0.3) is 0 Å². The summed E-state index contributed by atoms with van der Waals surface area (Å²) in [7, 11) is 0. The molecule has 1 saturated heterocycles. The molecule has 1 aromatic carbocycles. The third-order valence-electron chi connectivity index (χ3n) is 5.83. The van der Waals surface area contributed by atoms with Crippen molar-refractivity contribution in [1.29, 1.82) is 0 Å². The fourth-order valence-corrected chi connectivity index (χ4v) is 4.30. The first-order valence-corrected chi connectivity index (χ1v) is 10.6. The van der Waals surface area contributed by atoms with E-state index >= 15 is 0 Å². The number of nitrogens with one attached hydrogen (secondary N) is 1. The first-order valence-electron chi connectivity index (χ1n) is 10.6. The van der Waals surface area contributed by atoms with E-state index in [0.29, 0.717) is 25.6 Å². The Morgan fingerprint density at radius 3 is 2.78 bits per heavy atom.